The molecule has 0 aliphatic carbocycles. The second-order valence-electron chi connectivity index (χ2n) is 4.56. The van der Waals surface area contributed by atoms with Crippen molar-refractivity contribution in [3.63, 3.8) is 0 Å². The molecule has 0 unspecified atom stereocenters. The van der Waals surface area contributed by atoms with E-state index in [1.54, 1.807) is 6.92 Å². The van der Waals surface area contributed by atoms with Gasteiger partial charge in [-0.2, -0.15) is 13.2 Å². The Hall–Kier alpha value is -2.33. The minimum absolute atomic E-state index is 0.0367. The first-order valence-electron chi connectivity index (χ1n) is 6.76. The van der Waals surface area contributed by atoms with Crippen LogP contribution >= 0.6 is 0 Å². The summed E-state index contributed by atoms with van der Waals surface area (Å²) in [5.41, 5.74) is 1.33. The highest BCUT2D eigenvalue weighted by Crippen LogP contribution is 2.28. The molecule has 0 aliphatic heterocycles. The number of pyridine rings is 1. The number of alkyl halides is 3. The molecule has 0 fully saturated rings. The molecule has 0 radical (unpaired) electrons. The van der Waals surface area contributed by atoms with Crippen LogP contribution in [0.3, 0.4) is 0 Å². The van der Waals surface area contributed by atoms with Crippen molar-refractivity contribution in [3.05, 3.63) is 48.2 Å². The van der Waals surface area contributed by atoms with Crippen molar-refractivity contribution >= 4 is 15.8 Å². The number of rotatable bonds is 6. The molecule has 0 saturated carbocycles. The van der Waals surface area contributed by atoms with Crippen LogP contribution in [0.4, 0.5) is 19.0 Å². The fourth-order valence-corrected chi connectivity index (χ4v) is 2.55. The Morgan fingerprint density at radius 2 is 1.79 bits per heavy atom. The Labute approximate surface area is 136 Å². The van der Waals surface area contributed by atoms with Crippen LogP contribution in [0.2, 0.25) is 0 Å². The van der Waals surface area contributed by atoms with Gasteiger partial charge >= 0.3 is 6.18 Å². The molecule has 0 bridgehead atoms. The standard InChI is InChI=1S/C14H14F3N3O3S/c1-2-23-11-4-6-12(7-5-11)24(21,22)20-19-13-8-3-10(9-18-13)14(15,16)17/h3-9,20H,2H2,1H3,(H,18,19). The highest BCUT2D eigenvalue weighted by Gasteiger charge is 2.30. The number of aromatic nitrogens is 1. The largest absolute Gasteiger partial charge is 0.494 e. The SMILES string of the molecule is CCOc1ccc(S(=O)(=O)NNc2ccc(C(F)(F)F)cn2)cc1. The summed E-state index contributed by atoms with van der Waals surface area (Å²) in [7, 11) is -3.91. The van der Waals surface area contributed by atoms with Crippen molar-refractivity contribution in [2.24, 2.45) is 0 Å². The van der Waals surface area contributed by atoms with Crippen LogP contribution in [0, 0.1) is 0 Å². The first-order chi connectivity index (χ1) is 11.2. The molecule has 1 aromatic carbocycles. The molecule has 0 atom stereocenters. The summed E-state index contributed by atoms with van der Waals surface area (Å²) in [4.78, 5) is 5.50. The lowest BCUT2D eigenvalue weighted by atomic mass is 10.3. The first kappa shape index (κ1) is 18.0. The third-order valence-corrected chi connectivity index (χ3v) is 4.11. The maximum atomic E-state index is 12.4. The molecule has 24 heavy (non-hydrogen) atoms. The van der Waals surface area contributed by atoms with Gasteiger partial charge in [0, 0.05) is 6.20 Å². The summed E-state index contributed by atoms with van der Waals surface area (Å²) < 4.78 is 66.6. The van der Waals surface area contributed by atoms with Crippen LogP contribution in [0.15, 0.2) is 47.5 Å². The molecule has 0 spiro atoms. The summed E-state index contributed by atoms with van der Waals surface area (Å²) in [5.74, 6) is 0.450. The average Bonchev–Trinajstić information content (AvgIpc) is 2.53. The second-order valence-corrected chi connectivity index (χ2v) is 6.25. The number of hydrogen-bond acceptors (Lipinski definition) is 5. The number of benzene rings is 1. The Morgan fingerprint density at radius 1 is 1.12 bits per heavy atom. The predicted octanol–water partition coefficient (Wildman–Crippen LogP) is 2.80. The maximum Gasteiger partial charge on any atom is 0.417 e. The van der Waals surface area contributed by atoms with E-state index >= 15 is 0 Å². The van der Waals surface area contributed by atoms with Crippen molar-refractivity contribution in [3.8, 4) is 5.75 Å². The molecule has 1 aromatic heterocycles. The topological polar surface area (TPSA) is 80.3 Å². The molecular formula is C14H14F3N3O3S. The molecule has 2 aromatic rings. The minimum Gasteiger partial charge on any atom is -0.494 e. The number of anilines is 1. The van der Waals surface area contributed by atoms with E-state index in [4.69, 9.17) is 4.74 Å². The average molecular weight is 361 g/mol. The fraction of sp³-hybridized carbons (Fsp3) is 0.214. The monoisotopic (exact) mass is 361 g/mol. The molecule has 2 rings (SSSR count). The van der Waals surface area contributed by atoms with Gasteiger partial charge in [0.05, 0.1) is 17.1 Å². The number of nitrogens with one attached hydrogen (secondary N) is 2. The van der Waals surface area contributed by atoms with Crippen molar-refractivity contribution in [1.82, 2.24) is 9.82 Å². The van der Waals surface area contributed by atoms with Crippen LogP contribution in [0.1, 0.15) is 12.5 Å². The fourth-order valence-electron chi connectivity index (χ4n) is 1.70. The second kappa shape index (κ2) is 7.05. The van der Waals surface area contributed by atoms with Crippen LogP contribution in [-0.2, 0) is 16.2 Å². The summed E-state index contributed by atoms with van der Waals surface area (Å²) >= 11 is 0. The maximum absolute atomic E-state index is 12.4. The summed E-state index contributed by atoms with van der Waals surface area (Å²) in [6.07, 6.45) is -3.90. The molecule has 10 heteroatoms. The Balaban J connectivity index is 2.04. The zero-order chi connectivity index (χ0) is 17.8. The van der Waals surface area contributed by atoms with E-state index in [0.717, 1.165) is 12.1 Å². The van der Waals surface area contributed by atoms with E-state index in [1.807, 2.05) is 4.83 Å². The highest BCUT2D eigenvalue weighted by molar-refractivity contribution is 7.89. The minimum atomic E-state index is -4.51. The Kier molecular flexibility index (Phi) is 5.30. The number of hydrogen-bond donors (Lipinski definition) is 2. The van der Waals surface area contributed by atoms with Crippen molar-refractivity contribution < 1.29 is 26.3 Å². The quantitative estimate of drug-likeness (QED) is 0.774. The lowest BCUT2D eigenvalue weighted by Gasteiger charge is -2.11. The molecule has 1 heterocycles. The Morgan fingerprint density at radius 3 is 2.29 bits per heavy atom. The molecule has 2 N–H and O–H groups in total. The lowest BCUT2D eigenvalue weighted by molar-refractivity contribution is -0.137. The van der Waals surface area contributed by atoms with Gasteiger partial charge in [-0.1, -0.05) is 0 Å². The molecule has 0 aliphatic rings. The molecule has 0 amide bonds. The number of sulfonamides is 1. The lowest BCUT2D eigenvalue weighted by Crippen LogP contribution is -2.30. The predicted molar refractivity (Wildman–Crippen MR) is 80.8 cm³/mol. The normalized spacial score (nSPS) is 12.0. The van der Waals surface area contributed by atoms with E-state index < -0.39 is 21.8 Å². The van der Waals surface area contributed by atoms with Gasteiger partial charge in [0.15, 0.2) is 0 Å². The van der Waals surface area contributed by atoms with E-state index in [1.165, 1.54) is 24.3 Å². The van der Waals surface area contributed by atoms with Gasteiger partial charge in [-0.25, -0.2) is 13.4 Å². The number of halogens is 3. The highest BCUT2D eigenvalue weighted by atomic mass is 32.2. The number of nitrogens with zero attached hydrogens (tertiary/aromatic N) is 1. The molecular weight excluding hydrogens is 347 g/mol. The van der Waals surface area contributed by atoms with Gasteiger partial charge in [-0.15, -0.1) is 4.83 Å². The summed E-state index contributed by atoms with van der Waals surface area (Å²) in [6, 6.07) is 7.48. The van der Waals surface area contributed by atoms with Gasteiger partial charge in [-0.3, -0.25) is 5.43 Å². The smallest absolute Gasteiger partial charge is 0.417 e. The van der Waals surface area contributed by atoms with Gasteiger partial charge in [0.2, 0.25) is 0 Å². The number of ether oxygens (including phenoxy) is 1. The third kappa shape index (κ3) is 4.59. The van der Waals surface area contributed by atoms with Gasteiger partial charge in [-0.05, 0) is 43.3 Å². The van der Waals surface area contributed by atoms with Gasteiger partial charge in [0.25, 0.3) is 10.0 Å². The van der Waals surface area contributed by atoms with Gasteiger partial charge < -0.3 is 4.74 Å². The van der Waals surface area contributed by atoms with Crippen molar-refractivity contribution in [2.45, 2.75) is 18.0 Å². The third-order valence-electron chi connectivity index (χ3n) is 2.85. The zero-order valence-corrected chi connectivity index (χ0v) is 13.3. The molecule has 130 valence electrons. The molecule has 6 nitrogen and oxygen atoms in total. The van der Waals surface area contributed by atoms with Crippen molar-refractivity contribution in [2.75, 3.05) is 12.0 Å². The van der Waals surface area contributed by atoms with E-state index in [2.05, 4.69) is 10.4 Å². The van der Waals surface area contributed by atoms with E-state index in [-0.39, 0.29) is 10.7 Å². The zero-order valence-electron chi connectivity index (χ0n) is 12.5. The first-order valence-corrected chi connectivity index (χ1v) is 8.24. The van der Waals surface area contributed by atoms with Crippen LogP contribution in [-0.4, -0.2) is 20.0 Å². The van der Waals surface area contributed by atoms with Gasteiger partial charge in [0.1, 0.15) is 11.6 Å². The van der Waals surface area contributed by atoms with Crippen molar-refractivity contribution in [1.29, 1.82) is 0 Å². The summed E-state index contributed by atoms with van der Waals surface area (Å²) in [5, 5.41) is 0. The van der Waals surface area contributed by atoms with Crippen LogP contribution in [0.5, 0.6) is 5.75 Å². The number of hydrazine groups is 1. The van der Waals surface area contributed by atoms with Crippen LogP contribution in [0.25, 0.3) is 0 Å². The van der Waals surface area contributed by atoms with Crippen LogP contribution < -0.4 is 15.0 Å². The molecule has 0 saturated heterocycles. The van der Waals surface area contributed by atoms with E-state index in [9.17, 15) is 21.6 Å². The summed E-state index contributed by atoms with van der Waals surface area (Å²) in [6.45, 7) is 2.25. The Bertz CT molecular complexity index is 776. The van der Waals surface area contributed by atoms with E-state index in [0.29, 0.717) is 18.6 Å².